The minimum atomic E-state index is -0.889. The summed E-state index contributed by atoms with van der Waals surface area (Å²) in [4.78, 5) is 27.3. The molecule has 31 heavy (non-hydrogen) atoms. The highest BCUT2D eigenvalue weighted by atomic mass is 19.1. The Kier molecular flexibility index (Phi) is 5.23. The predicted octanol–water partition coefficient (Wildman–Crippen LogP) is 4.97. The maximum absolute atomic E-state index is 13.3. The van der Waals surface area contributed by atoms with Crippen molar-refractivity contribution in [3.63, 3.8) is 0 Å². The van der Waals surface area contributed by atoms with Crippen LogP contribution in [0.4, 0.5) is 4.39 Å². The molecule has 1 unspecified atom stereocenters. The number of carbonyl (C=O) groups is 2. The van der Waals surface area contributed by atoms with Crippen LogP contribution in [-0.4, -0.2) is 21.7 Å². The summed E-state index contributed by atoms with van der Waals surface area (Å²) >= 11 is 0. The number of nitrogens with zero attached hydrogens (tertiary/aromatic N) is 1. The van der Waals surface area contributed by atoms with E-state index in [1.807, 2.05) is 19.9 Å². The molecule has 0 bridgehead atoms. The van der Waals surface area contributed by atoms with E-state index in [1.54, 1.807) is 43.3 Å². The zero-order valence-corrected chi connectivity index (χ0v) is 17.5. The maximum Gasteiger partial charge on any atom is 0.296 e. The number of aliphatic hydroxyl groups excluding tert-OH is 1. The Bertz CT molecular complexity index is 1210. The molecule has 6 heteroatoms. The molecule has 0 spiro atoms. The van der Waals surface area contributed by atoms with Crippen molar-refractivity contribution in [2.45, 2.75) is 33.4 Å². The molecule has 1 atom stereocenters. The molecule has 4 rings (SSSR count). The van der Waals surface area contributed by atoms with Crippen LogP contribution in [0.1, 0.15) is 39.8 Å². The van der Waals surface area contributed by atoms with Gasteiger partial charge in [0, 0.05) is 12.1 Å². The Morgan fingerprint density at radius 2 is 1.71 bits per heavy atom. The number of hydrogen-bond acceptors (Lipinski definition) is 4. The molecule has 1 fully saturated rings. The second-order valence-corrected chi connectivity index (χ2v) is 7.80. The van der Waals surface area contributed by atoms with Crippen LogP contribution < -0.4 is 0 Å². The van der Waals surface area contributed by atoms with Crippen molar-refractivity contribution in [2.24, 2.45) is 0 Å². The van der Waals surface area contributed by atoms with Gasteiger partial charge in [-0.25, -0.2) is 4.39 Å². The van der Waals surface area contributed by atoms with Crippen LogP contribution in [0.3, 0.4) is 0 Å². The molecule has 1 N–H and O–H groups in total. The number of ketones is 1. The summed E-state index contributed by atoms with van der Waals surface area (Å²) in [5.41, 5.74) is 3.09. The van der Waals surface area contributed by atoms with Gasteiger partial charge in [-0.05, 0) is 67.8 Å². The lowest BCUT2D eigenvalue weighted by Gasteiger charge is -2.23. The molecule has 1 saturated heterocycles. The van der Waals surface area contributed by atoms with E-state index in [0.29, 0.717) is 22.6 Å². The molecule has 3 aromatic rings. The standard InChI is InChI=1S/C25H22FNO4/c1-14-4-8-18(12-15(14)2)23(28)21-22(20-11-5-16(3)31-20)27(25(30)24(21)29)13-17-6-9-19(26)10-7-17/h4-12,22,28H,13H2,1-3H3/b23-21-. The van der Waals surface area contributed by atoms with Gasteiger partial charge in [0.15, 0.2) is 0 Å². The van der Waals surface area contributed by atoms with Gasteiger partial charge in [0.1, 0.15) is 29.1 Å². The molecular formula is C25H22FNO4. The van der Waals surface area contributed by atoms with Crippen LogP contribution >= 0.6 is 0 Å². The van der Waals surface area contributed by atoms with E-state index in [9.17, 15) is 19.1 Å². The monoisotopic (exact) mass is 419 g/mol. The van der Waals surface area contributed by atoms with Gasteiger partial charge < -0.3 is 14.4 Å². The van der Waals surface area contributed by atoms with E-state index in [4.69, 9.17) is 4.42 Å². The van der Waals surface area contributed by atoms with Crippen molar-refractivity contribution in [2.75, 3.05) is 0 Å². The van der Waals surface area contributed by atoms with Gasteiger partial charge in [-0.3, -0.25) is 9.59 Å². The first-order valence-corrected chi connectivity index (χ1v) is 9.93. The van der Waals surface area contributed by atoms with Crippen LogP contribution in [0.25, 0.3) is 5.76 Å². The van der Waals surface area contributed by atoms with Crippen LogP contribution in [0.15, 0.2) is 64.6 Å². The highest BCUT2D eigenvalue weighted by Crippen LogP contribution is 2.41. The van der Waals surface area contributed by atoms with Crippen molar-refractivity contribution in [3.05, 3.63) is 99.8 Å². The Labute approximate surface area is 179 Å². The Balaban J connectivity index is 1.84. The number of aliphatic hydroxyl groups is 1. The highest BCUT2D eigenvalue weighted by molar-refractivity contribution is 6.46. The fourth-order valence-electron chi connectivity index (χ4n) is 3.77. The summed E-state index contributed by atoms with van der Waals surface area (Å²) in [7, 11) is 0. The van der Waals surface area contributed by atoms with Crippen LogP contribution in [-0.2, 0) is 16.1 Å². The van der Waals surface area contributed by atoms with Gasteiger partial charge in [-0.2, -0.15) is 0 Å². The molecule has 1 aliphatic heterocycles. The van der Waals surface area contributed by atoms with E-state index in [1.165, 1.54) is 17.0 Å². The second kappa shape index (κ2) is 7.87. The number of furan rings is 1. The summed E-state index contributed by atoms with van der Waals surface area (Å²) in [6.07, 6.45) is 0. The largest absolute Gasteiger partial charge is 0.507 e. The lowest BCUT2D eigenvalue weighted by molar-refractivity contribution is -0.140. The minimum Gasteiger partial charge on any atom is -0.507 e. The first kappa shape index (κ1) is 20.6. The lowest BCUT2D eigenvalue weighted by atomic mass is 9.97. The lowest BCUT2D eigenvalue weighted by Crippen LogP contribution is -2.29. The molecule has 5 nitrogen and oxygen atoms in total. The fraction of sp³-hybridized carbons (Fsp3) is 0.200. The third kappa shape index (κ3) is 3.77. The van der Waals surface area contributed by atoms with Crippen molar-refractivity contribution in [1.29, 1.82) is 0 Å². The molecule has 2 aromatic carbocycles. The minimum absolute atomic E-state index is 0.0234. The Hall–Kier alpha value is -3.67. The van der Waals surface area contributed by atoms with Crippen LogP contribution in [0.2, 0.25) is 0 Å². The number of likely N-dealkylation sites (tertiary alicyclic amines) is 1. The number of hydrogen-bond donors (Lipinski definition) is 1. The van der Waals surface area contributed by atoms with Gasteiger partial charge in [-0.15, -0.1) is 0 Å². The van der Waals surface area contributed by atoms with Crippen molar-refractivity contribution in [3.8, 4) is 0 Å². The molecule has 2 heterocycles. The van der Waals surface area contributed by atoms with Gasteiger partial charge in [-0.1, -0.05) is 24.3 Å². The molecule has 0 saturated carbocycles. The molecular weight excluding hydrogens is 397 g/mol. The average molecular weight is 419 g/mol. The fourth-order valence-corrected chi connectivity index (χ4v) is 3.77. The summed E-state index contributed by atoms with van der Waals surface area (Å²) < 4.78 is 19.1. The number of rotatable bonds is 4. The number of aryl methyl sites for hydroxylation is 3. The average Bonchev–Trinajstić information content (AvgIpc) is 3.27. The Morgan fingerprint density at radius 1 is 1.00 bits per heavy atom. The number of carbonyl (C=O) groups excluding carboxylic acids is 2. The molecule has 158 valence electrons. The Morgan fingerprint density at radius 3 is 2.32 bits per heavy atom. The normalized spacial score (nSPS) is 18.1. The topological polar surface area (TPSA) is 70.8 Å². The molecule has 0 radical (unpaired) electrons. The first-order valence-electron chi connectivity index (χ1n) is 9.93. The maximum atomic E-state index is 13.3. The van der Waals surface area contributed by atoms with E-state index >= 15 is 0 Å². The number of halogens is 1. The van der Waals surface area contributed by atoms with E-state index < -0.39 is 23.5 Å². The van der Waals surface area contributed by atoms with E-state index in [0.717, 1.165) is 11.1 Å². The summed E-state index contributed by atoms with van der Waals surface area (Å²) in [6, 6.07) is 13.6. The number of Topliss-reactive ketones (excluding diaryl/α,β-unsaturated/α-hetero) is 1. The SMILES string of the molecule is Cc1ccc(C2/C(=C(/O)c3ccc(C)c(C)c3)C(=O)C(=O)N2Cc2ccc(F)cc2)o1. The third-order valence-electron chi connectivity index (χ3n) is 5.62. The van der Waals surface area contributed by atoms with Crippen LogP contribution in [0, 0.1) is 26.6 Å². The molecule has 1 amide bonds. The highest BCUT2D eigenvalue weighted by Gasteiger charge is 2.47. The predicted molar refractivity (Wildman–Crippen MR) is 114 cm³/mol. The number of benzene rings is 2. The smallest absolute Gasteiger partial charge is 0.296 e. The quantitative estimate of drug-likeness (QED) is 0.368. The van der Waals surface area contributed by atoms with Crippen molar-refractivity contribution >= 4 is 17.4 Å². The zero-order valence-electron chi connectivity index (χ0n) is 17.5. The third-order valence-corrected chi connectivity index (χ3v) is 5.62. The molecule has 0 aliphatic carbocycles. The van der Waals surface area contributed by atoms with Gasteiger partial charge >= 0.3 is 0 Å². The number of amides is 1. The van der Waals surface area contributed by atoms with Gasteiger partial charge in [0.25, 0.3) is 11.7 Å². The van der Waals surface area contributed by atoms with Gasteiger partial charge in [0.05, 0.1) is 5.57 Å². The summed E-state index contributed by atoms with van der Waals surface area (Å²) in [6.45, 7) is 5.69. The summed E-state index contributed by atoms with van der Waals surface area (Å²) in [5.74, 6) is -1.16. The van der Waals surface area contributed by atoms with E-state index in [2.05, 4.69) is 0 Å². The summed E-state index contributed by atoms with van der Waals surface area (Å²) in [5, 5.41) is 11.1. The van der Waals surface area contributed by atoms with Gasteiger partial charge in [0.2, 0.25) is 0 Å². The van der Waals surface area contributed by atoms with Crippen molar-refractivity contribution in [1.82, 2.24) is 4.90 Å². The van der Waals surface area contributed by atoms with Crippen molar-refractivity contribution < 1.29 is 23.5 Å². The zero-order chi connectivity index (χ0) is 22.3. The molecule has 1 aromatic heterocycles. The molecule has 1 aliphatic rings. The van der Waals surface area contributed by atoms with E-state index in [-0.39, 0.29) is 17.9 Å². The first-order chi connectivity index (χ1) is 14.8. The second-order valence-electron chi connectivity index (χ2n) is 7.80. The van der Waals surface area contributed by atoms with Crippen LogP contribution in [0.5, 0.6) is 0 Å².